The predicted molar refractivity (Wildman–Crippen MR) is 132 cm³/mol. The maximum Gasteiger partial charge on any atom is 0.299 e. The summed E-state index contributed by atoms with van der Waals surface area (Å²) in [6, 6.07) is 12.3. The molecule has 2 rings (SSSR count). The number of rotatable bonds is 18. The molecule has 0 saturated carbocycles. The van der Waals surface area contributed by atoms with Crippen molar-refractivity contribution in [3.63, 3.8) is 0 Å². The number of aryl methyl sites for hydroxylation is 2. The van der Waals surface area contributed by atoms with Crippen LogP contribution in [0.3, 0.4) is 0 Å². The van der Waals surface area contributed by atoms with Gasteiger partial charge in [-0.05, 0) is 45.0 Å². The highest BCUT2D eigenvalue weighted by Gasteiger charge is 2.23. The second-order valence-corrected chi connectivity index (χ2v) is 10.8. The third-order valence-corrected chi connectivity index (χ3v) is 7.32. The van der Waals surface area contributed by atoms with Crippen LogP contribution in [0.15, 0.2) is 58.3 Å². The Balaban J connectivity index is 1.90. The van der Waals surface area contributed by atoms with Crippen molar-refractivity contribution in [2.75, 3.05) is 52.9 Å². The molecule has 0 N–H and O–H groups in total. The molecule has 0 aliphatic rings. The molecule has 0 spiro atoms. The van der Waals surface area contributed by atoms with E-state index in [2.05, 4.69) is 0 Å². The van der Waals surface area contributed by atoms with Crippen LogP contribution in [0.2, 0.25) is 0 Å². The highest BCUT2D eigenvalue weighted by molar-refractivity contribution is 7.87. The first-order chi connectivity index (χ1) is 17.1. The maximum atomic E-state index is 12.7. The Morgan fingerprint density at radius 2 is 1.14 bits per heavy atom. The Hall–Kier alpha value is -1.90. The van der Waals surface area contributed by atoms with Gasteiger partial charge in [0.1, 0.15) is 0 Å². The van der Waals surface area contributed by atoms with E-state index in [4.69, 9.17) is 27.3 Å². The molecule has 0 saturated heterocycles. The van der Waals surface area contributed by atoms with Crippen LogP contribution in [-0.2, 0) is 47.5 Å². The highest BCUT2D eigenvalue weighted by Crippen LogP contribution is 2.17. The van der Waals surface area contributed by atoms with E-state index >= 15 is 0 Å². The molecular formula is C24H34O10S2. The Morgan fingerprint density at radius 3 is 1.69 bits per heavy atom. The first-order valence-electron chi connectivity index (χ1n) is 11.4. The number of benzene rings is 2. The molecule has 0 radical (unpaired) electrons. The number of ether oxygens (including phenoxy) is 4. The lowest BCUT2D eigenvalue weighted by Gasteiger charge is -2.18. The molecule has 10 nitrogen and oxygen atoms in total. The van der Waals surface area contributed by atoms with Crippen LogP contribution in [0, 0.1) is 13.8 Å². The van der Waals surface area contributed by atoms with Crippen molar-refractivity contribution in [1.29, 1.82) is 0 Å². The summed E-state index contributed by atoms with van der Waals surface area (Å²) >= 11 is 0. The normalized spacial score (nSPS) is 13.1. The Kier molecular flexibility index (Phi) is 13.0. The minimum atomic E-state index is -4.16. The van der Waals surface area contributed by atoms with Crippen LogP contribution in [-0.4, -0.2) is 76.0 Å². The third kappa shape index (κ3) is 11.0. The Morgan fingerprint density at radius 1 is 0.639 bits per heavy atom. The van der Waals surface area contributed by atoms with Gasteiger partial charge in [0.25, 0.3) is 20.2 Å². The van der Waals surface area contributed by atoms with Gasteiger partial charge in [-0.15, -0.1) is 0 Å². The smallest absolute Gasteiger partial charge is 0.299 e. The fourth-order valence-corrected chi connectivity index (χ4v) is 4.63. The lowest BCUT2D eigenvalue weighted by molar-refractivity contribution is -0.126. The first kappa shape index (κ1) is 30.3. The standard InChI is InChI=1S/C24H34O10S2/c1-4-29-13-14-30-15-16-31-19-24(34-36(27,28)23-11-7-21(3)8-12-23)32-17-18-33-35(25,26)22-9-5-20(2)6-10-22/h5-12,24H,4,13-19H2,1-3H3. The summed E-state index contributed by atoms with van der Waals surface area (Å²) in [7, 11) is -8.15. The lowest BCUT2D eigenvalue weighted by Crippen LogP contribution is -2.29. The molecule has 1 unspecified atom stereocenters. The van der Waals surface area contributed by atoms with E-state index in [0.29, 0.717) is 19.8 Å². The zero-order chi connectivity index (χ0) is 26.4. The summed E-state index contributed by atoms with van der Waals surface area (Å²) < 4.78 is 81.6. The topological polar surface area (TPSA) is 124 Å². The van der Waals surface area contributed by atoms with Crippen molar-refractivity contribution < 1.29 is 44.1 Å². The van der Waals surface area contributed by atoms with Gasteiger partial charge in [0, 0.05) is 6.61 Å². The van der Waals surface area contributed by atoms with Gasteiger partial charge in [0.05, 0.1) is 56.0 Å². The van der Waals surface area contributed by atoms with Crippen LogP contribution in [0.5, 0.6) is 0 Å². The summed E-state index contributed by atoms with van der Waals surface area (Å²) in [5, 5.41) is 0. The van der Waals surface area contributed by atoms with Gasteiger partial charge in [-0.2, -0.15) is 16.8 Å². The molecule has 0 aliphatic carbocycles. The number of hydrogen-bond acceptors (Lipinski definition) is 10. The second kappa shape index (κ2) is 15.4. The monoisotopic (exact) mass is 546 g/mol. The van der Waals surface area contributed by atoms with Crippen molar-refractivity contribution >= 4 is 20.2 Å². The molecular weight excluding hydrogens is 512 g/mol. The zero-order valence-electron chi connectivity index (χ0n) is 20.8. The van der Waals surface area contributed by atoms with E-state index in [0.717, 1.165) is 11.1 Å². The molecule has 202 valence electrons. The molecule has 36 heavy (non-hydrogen) atoms. The quantitative estimate of drug-likeness (QED) is 0.157. The van der Waals surface area contributed by atoms with E-state index in [-0.39, 0.29) is 42.8 Å². The minimum Gasteiger partial charge on any atom is -0.379 e. The van der Waals surface area contributed by atoms with E-state index in [1.54, 1.807) is 24.3 Å². The third-order valence-electron chi connectivity index (χ3n) is 4.68. The Bertz CT molecular complexity index is 1100. The fourth-order valence-electron chi connectivity index (χ4n) is 2.76. The fraction of sp³-hybridized carbons (Fsp3) is 0.500. The molecule has 0 aromatic heterocycles. The second-order valence-electron chi connectivity index (χ2n) is 7.64. The van der Waals surface area contributed by atoms with Crippen molar-refractivity contribution in [3.05, 3.63) is 59.7 Å². The van der Waals surface area contributed by atoms with Crippen molar-refractivity contribution in [3.8, 4) is 0 Å². The molecule has 0 amide bonds. The van der Waals surface area contributed by atoms with Gasteiger partial charge >= 0.3 is 0 Å². The van der Waals surface area contributed by atoms with Gasteiger partial charge in [-0.25, -0.2) is 4.18 Å². The number of hydrogen-bond donors (Lipinski definition) is 0. The van der Waals surface area contributed by atoms with Gasteiger partial charge in [-0.3, -0.25) is 4.18 Å². The average Bonchev–Trinajstić information content (AvgIpc) is 2.83. The van der Waals surface area contributed by atoms with Gasteiger partial charge in [-0.1, -0.05) is 35.4 Å². The van der Waals surface area contributed by atoms with E-state index < -0.39 is 26.5 Å². The zero-order valence-corrected chi connectivity index (χ0v) is 22.4. The highest BCUT2D eigenvalue weighted by atomic mass is 32.2. The van der Waals surface area contributed by atoms with E-state index in [9.17, 15) is 16.8 Å². The molecule has 0 aliphatic heterocycles. The van der Waals surface area contributed by atoms with Crippen LogP contribution >= 0.6 is 0 Å². The van der Waals surface area contributed by atoms with Crippen molar-refractivity contribution in [2.24, 2.45) is 0 Å². The van der Waals surface area contributed by atoms with Crippen molar-refractivity contribution in [2.45, 2.75) is 36.9 Å². The molecule has 2 aromatic rings. The Labute approximate surface area is 213 Å². The van der Waals surface area contributed by atoms with Gasteiger partial charge < -0.3 is 18.9 Å². The predicted octanol–water partition coefficient (Wildman–Crippen LogP) is 2.83. The SMILES string of the molecule is CCOCCOCCOCC(OCCOS(=O)(=O)c1ccc(C)cc1)OS(=O)(=O)c1ccc(C)cc1. The minimum absolute atomic E-state index is 0.00974. The summed E-state index contributed by atoms with van der Waals surface area (Å²) in [6.45, 7) is 6.62. The largest absolute Gasteiger partial charge is 0.379 e. The molecule has 0 heterocycles. The summed E-state index contributed by atoms with van der Waals surface area (Å²) in [6.07, 6.45) is -1.33. The summed E-state index contributed by atoms with van der Waals surface area (Å²) in [5.74, 6) is 0. The summed E-state index contributed by atoms with van der Waals surface area (Å²) in [5.41, 5.74) is 1.80. The van der Waals surface area contributed by atoms with Gasteiger partial charge in [0.2, 0.25) is 0 Å². The van der Waals surface area contributed by atoms with Gasteiger partial charge in [0.15, 0.2) is 6.29 Å². The maximum absolute atomic E-state index is 12.7. The van der Waals surface area contributed by atoms with Crippen LogP contribution in [0.1, 0.15) is 18.1 Å². The van der Waals surface area contributed by atoms with Crippen LogP contribution < -0.4 is 0 Å². The van der Waals surface area contributed by atoms with Crippen molar-refractivity contribution in [1.82, 2.24) is 0 Å². The molecule has 12 heteroatoms. The lowest BCUT2D eigenvalue weighted by atomic mass is 10.2. The van der Waals surface area contributed by atoms with E-state index in [1.165, 1.54) is 24.3 Å². The molecule has 1 atom stereocenters. The first-order valence-corrected chi connectivity index (χ1v) is 14.3. The van der Waals surface area contributed by atoms with Crippen LogP contribution in [0.4, 0.5) is 0 Å². The van der Waals surface area contributed by atoms with E-state index in [1.807, 2.05) is 20.8 Å². The average molecular weight is 547 g/mol. The summed E-state index contributed by atoms with van der Waals surface area (Å²) in [4.78, 5) is -0.0327. The van der Waals surface area contributed by atoms with Crippen LogP contribution in [0.25, 0.3) is 0 Å². The molecule has 0 fully saturated rings. The molecule has 2 aromatic carbocycles. The molecule has 0 bridgehead atoms.